The summed E-state index contributed by atoms with van der Waals surface area (Å²) in [4.78, 5) is 28.5. The number of aromatic nitrogens is 3. The zero-order chi connectivity index (χ0) is 18.1. The van der Waals surface area contributed by atoms with Gasteiger partial charge in [-0.05, 0) is 29.8 Å². The van der Waals surface area contributed by atoms with E-state index in [1.807, 2.05) is 30.3 Å². The Morgan fingerprint density at radius 1 is 1.15 bits per heavy atom. The van der Waals surface area contributed by atoms with Crippen LogP contribution in [0.1, 0.15) is 28.4 Å². The van der Waals surface area contributed by atoms with Gasteiger partial charge in [0, 0.05) is 10.6 Å². The molecular formula is C18H14ClN5O2. The molecule has 2 heterocycles. The molecule has 1 aliphatic rings. The van der Waals surface area contributed by atoms with Gasteiger partial charge >= 0.3 is 0 Å². The van der Waals surface area contributed by atoms with Crippen molar-refractivity contribution in [3.8, 4) is 0 Å². The lowest BCUT2D eigenvalue weighted by atomic mass is 10.0. The molecule has 0 radical (unpaired) electrons. The fourth-order valence-electron chi connectivity index (χ4n) is 2.83. The third-order valence-electron chi connectivity index (χ3n) is 4.07. The molecule has 0 spiro atoms. The zero-order valence-corrected chi connectivity index (χ0v) is 14.3. The Balaban J connectivity index is 1.61. The number of hydrogen-bond donors (Lipinski definition) is 2. The summed E-state index contributed by atoms with van der Waals surface area (Å²) in [6.07, 6.45) is 0.255. The van der Waals surface area contributed by atoms with Crippen LogP contribution in [-0.4, -0.2) is 26.6 Å². The number of halogens is 1. The minimum atomic E-state index is -0.354. The van der Waals surface area contributed by atoms with E-state index in [9.17, 15) is 9.59 Å². The van der Waals surface area contributed by atoms with Crippen LogP contribution in [-0.2, 0) is 4.79 Å². The normalized spacial score (nSPS) is 15.9. The van der Waals surface area contributed by atoms with Crippen molar-refractivity contribution in [2.24, 2.45) is 0 Å². The summed E-state index contributed by atoms with van der Waals surface area (Å²) in [7, 11) is 0. The summed E-state index contributed by atoms with van der Waals surface area (Å²) >= 11 is 5.83. The van der Waals surface area contributed by atoms with E-state index in [0.29, 0.717) is 16.5 Å². The molecule has 2 aromatic carbocycles. The van der Waals surface area contributed by atoms with Crippen LogP contribution in [0.4, 0.5) is 11.9 Å². The van der Waals surface area contributed by atoms with Gasteiger partial charge in [0.1, 0.15) is 0 Å². The second-order valence-electron chi connectivity index (χ2n) is 5.84. The molecule has 3 aromatic rings. The highest BCUT2D eigenvalue weighted by Gasteiger charge is 2.29. The number of nitrogens with one attached hydrogen (secondary N) is 2. The van der Waals surface area contributed by atoms with Crippen molar-refractivity contribution in [1.82, 2.24) is 14.8 Å². The van der Waals surface area contributed by atoms with Crippen LogP contribution in [0, 0.1) is 0 Å². The van der Waals surface area contributed by atoms with Crippen LogP contribution in [0.5, 0.6) is 0 Å². The maximum atomic E-state index is 12.3. The third kappa shape index (κ3) is 3.16. The van der Waals surface area contributed by atoms with Crippen LogP contribution in [0.15, 0.2) is 54.6 Å². The van der Waals surface area contributed by atoms with Crippen molar-refractivity contribution in [3.05, 3.63) is 70.7 Å². The number of nitrogens with zero attached hydrogens (tertiary/aromatic N) is 3. The van der Waals surface area contributed by atoms with Gasteiger partial charge in [-0.1, -0.05) is 41.9 Å². The largest absolute Gasteiger partial charge is 0.295 e. The minimum Gasteiger partial charge on any atom is -0.295 e. The molecule has 0 saturated carbocycles. The highest BCUT2D eigenvalue weighted by molar-refractivity contribution is 6.30. The molecule has 2 amide bonds. The monoisotopic (exact) mass is 367 g/mol. The highest BCUT2D eigenvalue weighted by atomic mass is 35.5. The van der Waals surface area contributed by atoms with E-state index in [1.54, 1.807) is 28.9 Å². The predicted octanol–water partition coefficient (Wildman–Crippen LogP) is 3.12. The summed E-state index contributed by atoms with van der Waals surface area (Å²) < 4.78 is 1.62. The number of carbonyl (C=O) groups is 2. The lowest BCUT2D eigenvalue weighted by Crippen LogP contribution is -2.29. The zero-order valence-electron chi connectivity index (χ0n) is 13.5. The number of fused-ring (bicyclic) bond motifs is 1. The second kappa shape index (κ2) is 6.61. The van der Waals surface area contributed by atoms with Gasteiger partial charge in [0.15, 0.2) is 0 Å². The number of benzene rings is 2. The fraction of sp³-hybridized carbons (Fsp3) is 0.111. The average Bonchev–Trinajstić information content (AvgIpc) is 3.04. The van der Waals surface area contributed by atoms with Crippen LogP contribution in [0.25, 0.3) is 0 Å². The summed E-state index contributed by atoms with van der Waals surface area (Å²) in [6.45, 7) is 0. The Kier molecular flexibility index (Phi) is 4.14. The maximum Gasteiger partial charge on any atom is 0.258 e. The van der Waals surface area contributed by atoms with Crippen molar-refractivity contribution in [2.75, 3.05) is 10.6 Å². The molecule has 0 fully saturated rings. The van der Waals surface area contributed by atoms with Crippen molar-refractivity contribution >= 4 is 35.3 Å². The molecule has 0 unspecified atom stereocenters. The van der Waals surface area contributed by atoms with Gasteiger partial charge in [0.05, 0.1) is 12.5 Å². The van der Waals surface area contributed by atoms with Crippen molar-refractivity contribution in [3.63, 3.8) is 0 Å². The lowest BCUT2D eigenvalue weighted by molar-refractivity contribution is -0.117. The van der Waals surface area contributed by atoms with E-state index in [2.05, 4.69) is 20.7 Å². The van der Waals surface area contributed by atoms with E-state index in [-0.39, 0.29) is 30.2 Å². The smallest absolute Gasteiger partial charge is 0.258 e. The molecule has 7 nitrogen and oxygen atoms in total. The first-order valence-electron chi connectivity index (χ1n) is 7.98. The molecule has 26 heavy (non-hydrogen) atoms. The third-order valence-corrected chi connectivity index (χ3v) is 4.32. The molecule has 0 saturated heterocycles. The topological polar surface area (TPSA) is 88.9 Å². The number of anilines is 2. The van der Waals surface area contributed by atoms with Crippen LogP contribution in [0.2, 0.25) is 5.02 Å². The second-order valence-corrected chi connectivity index (χ2v) is 6.28. The van der Waals surface area contributed by atoms with Gasteiger partial charge in [0.2, 0.25) is 11.9 Å². The molecular weight excluding hydrogens is 354 g/mol. The summed E-state index contributed by atoms with van der Waals surface area (Å²) in [6, 6.07) is 15.8. The molecule has 0 aliphatic carbocycles. The number of carbonyl (C=O) groups excluding carboxylic acids is 2. The fourth-order valence-corrected chi connectivity index (χ4v) is 2.95. The average molecular weight is 368 g/mol. The first-order chi connectivity index (χ1) is 12.6. The van der Waals surface area contributed by atoms with Crippen LogP contribution in [0.3, 0.4) is 0 Å². The number of amides is 2. The molecule has 8 heteroatoms. The molecule has 2 N–H and O–H groups in total. The lowest BCUT2D eigenvalue weighted by Gasteiger charge is -2.23. The Bertz CT molecular complexity index is 969. The van der Waals surface area contributed by atoms with E-state index < -0.39 is 0 Å². The Morgan fingerprint density at radius 2 is 1.88 bits per heavy atom. The first-order valence-corrected chi connectivity index (χ1v) is 8.36. The van der Waals surface area contributed by atoms with Gasteiger partial charge in [-0.15, -0.1) is 5.10 Å². The van der Waals surface area contributed by atoms with Gasteiger partial charge in [-0.3, -0.25) is 20.2 Å². The van der Waals surface area contributed by atoms with Crippen LogP contribution >= 0.6 is 11.6 Å². The Labute approximate surface area is 154 Å². The summed E-state index contributed by atoms with van der Waals surface area (Å²) in [5, 5.41) is 10.2. The Morgan fingerprint density at radius 3 is 2.62 bits per heavy atom. The van der Waals surface area contributed by atoms with Gasteiger partial charge in [-0.2, -0.15) is 4.98 Å². The van der Waals surface area contributed by atoms with Crippen molar-refractivity contribution < 1.29 is 9.59 Å². The molecule has 0 bridgehead atoms. The SMILES string of the molecule is O=C1C[C@@H](c2ccccc2)n2nc(NC(=O)c3ccc(Cl)cc3)nc2N1. The van der Waals surface area contributed by atoms with Gasteiger partial charge in [0.25, 0.3) is 11.9 Å². The quantitative estimate of drug-likeness (QED) is 0.744. The van der Waals surface area contributed by atoms with Crippen molar-refractivity contribution in [1.29, 1.82) is 0 Å². The summed E-state index contributed by atoms with van der Waals surface area (Å²) in [5.74, 6) is -0.0638. The van der Waals surface area contributed by atoms with E-state index in [4.69, 9.17) is 11.6 Å². The highest BCUT2D eigenvalue weighted by Crippen LogP contribution is 2.29. The van der Waals surface area contributed by atoms with Crippen LogP contribution < -0.4 is 10.6 Å². The van der Waals surface area contributed by atoms with E-state index in [0.717, 1.165) is 5.56 Å². The molecule has 1 aliphatic heterocycles. The van der Waals surface area contributed by atoms with E-state index in [1.165, 1.54) is 0 Å². The molecule has 4 rings (SSSR count). The molecule has 1 aromatic heterocycles. The minimum absolute atomic E-state index is 0.128. The van der Waals surface area contributed by atoms with Gasteiger partial charge in [-0.25, -0.2) is 4.68 Å². The maximum absolute atomic E-state index is 12.3. The predicted molar refractivity (Wildman–Crippen MR) is 97.3 cm³/mol. The van der Waals surface area contributed by atoms with Crippen molar-refractivity contribution in [2.45, 2.75) is 12.5 Å². The first kappa shape index (κ1) is 16.3. The molecule has 1 atom stereocenters. The summed E-state index contributed by atoms with van der Waals surface area (Å²) in [5.41, 5.74) is 1.38. The number of rotatable bonds is 3. The van der Waals surface area contributed by atoms with E-state index >= 15 is 0 Å². The van der Waals surface area contributed by atoms with Gasteiger partial charge < -0.3 is 0 Å². The standard InChI is InChI=1S/C18H14ClN5O2/c19-13-8-6-12(7-9-13)16(26)21-17-22-18-20-15(25)10-14(24(18)23-17)11-4-2-1-3-5-11/h1-9,14H,10H2,(H2,20,21,22,23,25,26)/t14-/m0/s1. The Hall–Kier alpha value is -3.19. The molecule has 130 valence electrons. The number of hydrogen-bond acceptors (Lipinski definition) is 4.